The smallest absolute Gasteiger partial charge is 0.311 e. The van der Waals surface area contributed by atoms with Gasteiger partial charge >= 0.3 is 5.97 Å². The molecule has 0 aliphatic rings. The van der Waals surface area contributed by atoms with Crippen LogP contribution >= 0.6 is 11.3 Å². The van der Waals surface area contributed by atoms with Gasteiger partial charge in [-0.2, -0.15) is 0 Å². The fourth-order valence-electron chi connectivity index (χ4n) is 5.33. The first kappa shape index (κ1) is 37.0. The van der Waals surface area contributed by atoms with Crippen molar-refractivity contribution in [2.45, 2.75) is 106 Å². The number of aromatic nitrogens is 1. The number of benzene rings is 2. The Balaban J connectivity index is 1.67. The molecule has 3 rings (SSSR count). The van der Waals surface area contributed by atoms with Gasteiger partial charge in [-0.05, 0) is 85.5 Å². The number of hydrogen-bond acceptors (Lipinski definition) is 9. The van der Waals surface area contributed by atoms with Crippen LogP contribution in [0.1, 0.15) is 105 Å². The minimum Gasteiger partial charge on any atom is -0.427 e. The standard InChI is InChI=1S/C37H54N6O2S/c1-8-12-14-29(10-3)25-43(26-30(11-4)15-13-9-2)32-18-21-34(28(7)23-32)40-42-37-38-24-35(46-37)41-39-31-16-19-33(20-17-31)45-36(44)22-27(5)6/h16-21,23-24,27,29-30H,8-15,22,25-26H2,1-7H3. The van der Waals surface area contributed by atoms with E-state index >= 15 is 0 Å². The third-order valence-electron chi connectivity index (χ3n) is 8.22. The molecule has 46 heavy (non-hydrogen) atoms. The summed E-state index contributed by atoms with van der Waals surface area (Å²) in [6.07, 6.45) is 12.1. The van der Waals surface area contributed by atoms with E-state index < -0.39 is 0 Å². The molecule has 250 valence electrons. The van der Waals surface area contributed by atoms with Crippen LogP contribution in [0, 0.1) is 24.7 Å². The minimum atomic E-state index is -0.241. The quantitative estimate of drug-likeness (QED) is 0.0693. The summed E-state index contributed by atoms with van der Waals surface area (Å²) in [6, 6.07) is 13.5. The summed E-state index contributed by atoms with van der Waals surface area (Å²) < 4.78 is 5.36. The summed E-state index contributed by atoms with van der Waals surface area (Å²) in [5.41, 5.74) is 3.87. The fraction of sp³-hybridized carbons (Fsp3) is 0.568. The van der Waals surface area contributed by atoms with Gasteiger partial charge in [0.2, 0.25) is 5.13 Å². The lowest BCUT2D eigenvalue weighted by Crippen LogP contribution is -2.34. The van der Waals surface area contributed by atoms with Gasteiger partial charge in [0.25, 0.3) is 0 Å². The third-order valence-corrected chi connectivity index (χ3v) is 8.99. The molecule has 2 atom stereocenters. The van der Waals surface area contributed by atoms with Crippen molar-refractivity contribution in [3.05, 3.63) is 54.2 Å². The molecule has 9 heteroatoms. The van der Waals surface area contributed by atoms with E-state index in [4.69, 9.17) is 4.74 Å². The normalized spacial score (nSPS) is 13.1. The Morgan fingerprint density at radius 1 is 0.870 bits per heavy atom. The van der Waals surface area contributed by atoms with Gasteiger partial charge in [-0.1, -0.05) is 91.4 Å². The van der Waals surface area contributed by atoms with Crippen molar-refractivity contribution in [2.75, 3.05) is 18.0 Å². The number of aryl methyl sites for hydroxylation is 1. The summed E-state index contributed by atoms with van der Waals surface area (Å²) in [5, 5.41) is 18.7. The maximum absolute atomic E-state index is 11.9. The Hall–Kier alpha value is -3.46. The van der Waals surface area contributed by atoms with Crippen molar-refractivity contribution in [3.63, 3.8) is 0 Å². The predicted molar refractivity (Wildman–Crippen MR) is 192 cm³/mol. The zero-order valence-electron chi connectivity index (χ0n) is 29.0. The van der Waals surface area contributed by atoms with Gasteiger partial charge in [0.1, 0.15) is 5.75 Å². The SMILES string of the molecule is CCCCC(CC)CN(CC(CC)CCCC)c1ccc(N=Nc2ncc(N=Nc3ccc(OC(=O)CC(C)C)cc3)s2)c(C)c1. The molecule has 0 N–H and O–H groups in total. The number of nitrogens with zero attached hydrogens (tertiary/aromatic N) is 6. The zero-order chi connectivity index (χ0) is 33.3. The Kier molecular flexibility index (Phi) is 16.0. The molecule has 0 aliphatic heterocycles. The molecule has 8 nitrogen and oxygen atoms in total. The molecule has 0 saturated heterocycles. The highest BCUT2D eigenvalue weighted by Crippen LogP contribution is 2.33. The molecule has 0 amide bonds. The van der Waals surface area contributed by atoms with Gasteiger partial charge < -0.3 is 9.64 Å². The van der Waals surface area contributed by atoms with E-state index in [1.807, 2.05) is 13.8 Å². The number of unbranched alkanes of at least 4 members (excludes halogenated alkanes) is 2. The molecule has 0 bridgehead atoms. The number of anilines is 1. The average molecular weight is 647 g/mol. The third kappa shape index (κ3) is 12.7. The number of carbonyl (C=O) groups is 1. The molecule has 0 aliphatic carbocycles. The van der Waals surface area contributed by atoms with Crippen LogP contribution < -0.4 is 9.64 Å². The summed E-state index contributed by atoms with van der Waals surface area (Å²) in [4.78, 5) is 18.9. The molecule has 3 aromatic rings. The first-order valence-electron chi connectivity index (χ1n) is 17.2. The zero-order valence-corrected chi connectivity index (χ0v) is 29.9. The number of rotatable bonds is 20. The molecule has 2 aromatic carbocycles. The molecular weight excluding hydrogens is 593 g/mol. The van der Waals surface area contributed by atoms with E-state index in [9.17, 15) is 4.79 Å². The van der Waals surface area contributed by atoms with Crippen molar-refractivity contribution in [1.29, 1.82) is 0 Å². The maximum atomic E-state index is 11.9. The van der Waals surface area contributed by atoms with Crippen molar-refractivity contribution < 1.29 is 9.53 Å². The van der Waals surface area contributed by atoms with Gasteiger partial charge in [-0.25, -0.2) is 4.98 Å². The highest BCUT2D eigenvalue weighted by atomic mass is 32.1. The molecule has 1 heterocycles. The highest BCUT2D eigenvalue weighted by Gasteiger charge is 2.18. The molecule has 0 saturated carbocycles. The van der Waals surface area contributed by atoms with Crippen LogP contribution in [0.2, 0.25) is 0 Å². The van der Waals surface area contributed by atoms with E-state index in [-0.39, 0.29) is 11.9 Å². The van der Waals surface area contributed by atoms with Gasteiger partial charge in [0, 0.05) is 25.2 Å². The highest BCUT2D eigenvalue weighted by molar-refractivity contribution is 7.18. The lowest BCUT2D eigenvalue weighted by atomic mass is 9.95. The van der Waals surface area contributed by atoms with Crippen molar-refractivity contribution in [2.24, 2.45) is 38.2 Å². The average Bonchev–Trinajstić information content (AvgIpc) is 3.50. The second kappa shape index (κ2) is 19.9. The topological polar surface area (TPSA) is 91.9 Å². The molecule has 0 spiro atoms. The van der Waals surface area contributed by atoms with E-state index in [0.29, 0.717) is 39.8 Å². The number of carbonyl (C=O) groups excluding carboxylic acids is 1. The number of ether oxygens (including phenoxy) is 1. The van der Waals surface area contributed by atoms with Crippen LogP contribution in [0.4, 0.5) is 27.2 Å². The van der Waals surface area contributed by atoms with Gasteiger partial charge in [-0.15, -0.1) is 20.5 Å². The van der Waals surface area contributed by atoms with Gasteiger partial charge in [-0.3, -0.25) is 4.79 Å². The van der Waals surface area contributed by atoms with E-state index in [1.54, 1.807) is 30.5 Å². The minimum absolute atomic E-state index is 0.241. The van der Waals surface area contributed by atoms with E-state index in [1.165, 1.54) is 68.4 Å². The second-order valence-electron chi connectivity index (χ2n) is 12.7. The van der Waals surface area contributed by atoms with E-state index in [2.05, 4.69) is 83.2 Å². The largest absolute Gasteiger partial charge is 0.427 e. The molecule has 2 unspecified atom stereocenters. The number of esters is 1. The second-order valence-corrected chi connectivity index (χ2v) is 13.6. The van der Waals surface area contributed by atoms with Crippen LogP contribution in [0.5, 0.6) is 5.75 Å². The Morgan fingerprint density at radius 2 is 1.52 bits per heavy atom. The van der Waals surface area contributed by atoms with Crippen molar-refractivity contribution in [3.8, 4) is 5.75 Å². The summed E-state index contributed by atoms with van der Waals surface area (Å²) in [7, 11) is 0. The maximum Gasteiger partial charge on any atom is 0.311 e. The molecular formula is C37H54N6O2S. The number of thiazole rings is 1. The first-order valence-corrected chi connectivity index (χ1v) is 18.0. The van der Waals surface area contributed by atoms with Crippen molar-refractivity contribution >= 4 is 44.5 Å². The van der Waals surface area contributed by atoms with Gasteiger partial charge in [0.05, 0.1) is 17.6 Å². The molecule has 0 fully saturated rings. The lowest BCUT2D eigenvalue weighted by molar-refractivity contribution is -0.135. The Labute approximate surface area is 280 Å². The van der Waals surface area contributed by atoms with Crippen LogP contribution in [0.15, 0.2) is 69.1 Å². The van der Waals surface area contributed by atoms with Crippen LogP contribution in [-0.4, -0.2) is 24.0 Å². The molecule has 1 aromatic heterocycles. The fourth-order valence-corrected chi connectivity index (χ4v) is 5.89. The van der Waals surface area contributed by atoms with Gasteiger partial charge in [0.15, 0.2) is 5.00 Å². The Morgan fingerprint density at radius 3 is 2.09 bits per heavy atom. The van der Waals surface area contributed by atoms with Crippen molar-refractivity contribution in [1.82, 2.24) is 4.98 Å². The van der Waals surface area contributed by atoms with Crippen LogP contribution in [0.3, 0.4) is 0 Å². The van der Waals surface area contributed by atoms with Crippen LogP contribution in [0.25, 0.3) is 0 Å². The number of hydrogen-bond donors (Lipinski definition) is 0. The monoisotopic (exact) mass is 646 g/mol. The predicted octanol–water partition coefficient (Wildman–Crippen LogP) is 12.5. The summed E-state index contributed by atoms with van der Waals surface area (Å²) >= 11 is 1.32. The Bertz CT molecular complexity index is 1370. The summed E-state index contributed by atoms with van der Waals surface area (Å²) in [5.74, 6) is 1.92. The van der Waals surface area contributed by atoms with Crippen LogP contribution in [-0.2, 0) is 4.79 Å². The van der Waals surface area contributed by atoms with E-state index in [0.717, 1.165) is 24.3 Å². The molecule has 0 radical (unpaired) electrons. The summed E-state index contributed by atoms with van der Waals surface area (Å²) in [6.45, 7) is 17.5. The number of azo groups is 2. The lowest BCUT2D eigenvalue weighted by Gasteiger charge is -2.33. The first-order chi connectivity index (χ1) is 22.2.